The van der Waals surface area contributed by atoms with Gasteiger partial charge in [-0.05, 0) is 30.2 Å². The van der Waals surface area contributed by atoms with Gasteiger partial charge in [0.1, 0.15) is 11.8 Å². The van der Waals surface area contributed by atoms with Crippen molar-refractivity contribution in [1.29, 1.82) is 0 Å². The lowest BCUT2D eigenvalue weighted by molar-refractivity contribution is -0.117. The average Bonchev–Trinajstić information content (AvgIpc) is 3.08. The van der Waals surface area contributed by atoms with Gasteiger partial charge in [0.15, 0.2) is 0 Å². The maximum Gasteiger partial charge on any atom is 0.387 e. The smallest absolute Gasteiger partial charge is 0.387 e. The number of halogens is 3. The molecule has 1 saturated heterocycles. The minimum atomic E-state index is -2.96. The van der Waals surface area contributed by atoms with Crippen molar-refractivity contribution in [2.75, 3.05) is 5.32 Å². The number of amides is 1. The molecule has 0 bridgehead atoms. The summed E-state index contributed by atoms with van der Waals surface area (Å²) in [5.74, 6) is -0.385. The summed E-state index contributed by atoms with van der Waals surface area (Å²) in [5.41, 5.74) is 7.54. The Morgan fingerprint density at radius 2 is 1.96 bits per heavy atom. The van der Waals surface area contributed by atoms with Gasteiger partial charge in [0.25, 0.3) is 0 Å². The maximum absolute atomic E-state index is 12.4. The van der Waals surface area contributed by atoms with Gasteiger partial charge in [0.2, 0.25) is 5.91 Å². The van der Waals surface area contributed by atoms with Crippen molar-refractivity contribution in [1.82, 2.24) is 10.9 Å². The van der Waals surface area contributed by atoms with E-state index in [0.717, 1.165) is 5.56 Å². The summed E-state index contributed by atoms with van der Waals surface area (Å²) >= 11 is 5.88. The number of rotatable bonds is 5. The summed E-state index contributed by atoms with van der Waals surface area (Å²) in [4.78, 5) is 12.4. The number of alkyl halides is 2. The monoisotopic (exact) mass is 367 g/mol. The number of carbonyl (C=O) groups excluding carboxylic acids is 1. The molecule has 25 heavy (non-hydrogen) atoms. The molecule has 2 unspecified atom stereocenters. The lowest BCUT2D eigenvalue weighted by Crippen LogP contribution is -2.39. The molecule has 1 aliphatic heterocycles. The van der Waals surface area contributed by atoms with Crippen molar-refractivity contribution < 1.29 is 18.3 Å². The van der Waals surface area contributed by atoms with Gasteiger partial charge in [0.05, 0.1) is 5.02 Å². The molecule has 132 valence electrons. The summed E-state index contributed by atoms with van der Waals surface area (Å²) in [6.07, 6.45) is 0.580. The van der Waals surface area contributed by atoms with Crippen LogP contribution < -0.4 is 20.9 Å². The van der Waals surface area contributed by atoms with E-state index >= 15 is 0 Å². The van der Waals surface area contributed by atoms with E-state index in [1.54, 1.807) is 0 Å². The van der Waals surface area contributed by atoms with Crippen molar-refractivity contribution in [2.24, 2.45) is 0 Å². The van der Waals surface area contributed by atoms with Crippen molar-refractivity contribution in [3.63, 3.8) is 0 Å². The van der Waals surface area contributed by atoms with E-state index in [4.69, 9.17) is 11.6 Å². The van der Waals surface area contributed by atoms with Gasteiger partial charge in [-0.15, -0.1) is 0 Å². The summed E-state index contributed by atoms with van der Waals surface area (Å²) in [6, 6.07) is 13.5. The summed E-state index contributed by atoms with van der Waals surface area (Å²) in [5, 5.41) is 2.71. The first-order chi connectivity index (χ1) is 12.0. The molecule has 1 fully saturated rings. The molecule has 3 rings (SSSR count). The Bertz CT molecular complexity index is 746. The molecule has 1 amide bonds. The first-order valence-corrected chi connectivity index (χ1v) is 8.02. The normalized spacial score (nSPS) is 19.8. The fourth-order valence-electron chi connectivity index (χ4n) is 2.63. The molecule has 2 aromatic carbocycles. The Kier molecular flexibility index (Phi) is 5.47. The third-order valence-corrected chi connectivity index (χ3v) is 4.13. The standard InChI is InChI=1S/C17H16ClF2N3O2/c18-12-8-11(6-7-15(12)25-17(19)20)21-16(24)14-9-13(22-23-14)10-4-2-1-3-5-10/h1-8,13-14,17,22-23H,9H2,(H,21,24). The molecular weight excluding hydrogens is 352 g/mol. The van der Waals surface area contributed by atoms with Gasteiger partial charge >= 0.3 is 6.61 Å². The van der Waals surface area contributed by atoms with E-state index in [1.165, 1.54) is 18.2 Å². The van der Waals surface area contributed by atoms with Crippen molar-refractivity contribution in [3.05, 3.63) is 59.1 Å². The fourth-order valence-corrected chi connectivity index (χ4v) is 2.86. The highest BCUT2D eigenvalue weighted by Crippen LogP contribution is 2.29. The second kappa shape index (κ2) is 7.77. The van der Waals surface area contributed by atoms with Crippen LogP contribution in [0.15, 0.2) is 48.5 Å². The average molecular weight is 368 g/mol. The van der Waals surface area contributed by atoms with E-state index in [0.29, 0.717) is 12.1 Å². The lowest BCUT2D eigenvalue weighted by Gasteiger charge is -2.12. The van der Waals surface area contributed by atoms with Crippen molar-refractivity contribution in [2.45, 2.75) is 25.1 Å². The molecule has 0 aromatic heterocycles. The Labute approximate surface area is 148 Å². The molecular formula is C17H16ClF2N3O2. The minimum absolute atomic E-state index is 0.00207. The van der Waals surface area contributed by atoms with Gasteiger partial charge < -0.3 is 10.1 Å². The van der Waals surface area contributed by atoms with Crippen LogP contribution in [0.1, 0.15) is 18.0 Å². The summed E-state index contributed by atoms with van der Waals surface area (Å²) in [6.45, 7) is -2.96. The van der Waals surface area contributed by atoms with Gasteiger partial charge in [-0.25, -0.2) is 10.9 Å². The van der Waals surface area contributed by atoms with Crippen LogP contribution in [0, 0.1) is 0 Å². The van der Waals surface area contributed by atoms with Crippen molar-refractivity contribution in [3.8, 4) is 5.75 Å². The molecule has 1 aliphatic rings. The lowest BCUT2D eigenvalue weighted by atomic mass is 10.0. The largest absolute Gasteiger partial charge is 0.433 e. The summed E-state index contributed by atoms with van der Waals surface area (Å²) < 4.78 is 28.7. The zero-order valence-corrected chi connectivity index (χ0v) is 13.8. The molecule has 3 N–H and O–H groups in total. The highest BCUT2D eigenvalue weighted by atomic mass is 35.5. The predicted octanol–water partition coefficient (Wildman–Crippen LogP) is 3.49. The highest BCUT2D eigenvalue weighted by molar-refractivity contribution is 6.32. The molecule has 0 radical (unpaired) electrons. The molecule has 1 heterocycles. The number of hydrogen-bond donors (Lipinski definition) is 3. The number of hydrogen-bond acceptors (Lipinski definition) is 4. The number of benzene rings is 2. The van der Waals surface area contributed by atoms with Crippen LogP contribution in [0.2, 0.25) is 5.02 Å². The Balaban J connectivity index is 1.60. The summed E-state index contributed by atoms with van der Waals surface area (Å²) in [7, 11) is 0. The van der Waals surface area contributed by atoms with E-state index in [1.807, 2.05) is 30.3 Å². The topological polar surface area (TPSA) is 62.4 Å². The highest BCUT2D eigenvalue weighted by Gasteiger charge is 2.30. The first-order valence-electron chi connectivity index (χ1n) is 7.64. The Morgan fingerprint density at radius 1 is 1.20 bits per heavy atom. The molecule has 0 aliphatic carbocycles. The van der Waals surface area contributed by atoms with Crippen LogP contribution in [-0.4, -0.2) is 18.6 Å². The van der Waals surface area contributed by atoms with Crippen LogP contribution in [0.5, 0.6) is 5.75 Å². The number of hydrazine groups is 1. The first kappa shape index (κ1) is 17.6. The van der Waals surface area contributed by atoms with Crippen molar-refractivity contribution >= 4 is 23.2 Å². The minimum Gasteiger partial charge on any atom is -0.433 e. The molecule has 0 spiro atoms. The fraction of sp³-hybridized carbons (Fsp3) is 0.235. The molecule has 8 heteroatoms. The van der Waals surface area contributed by atoms with E-state index in [-0.39, 0.29) is 22.7 Å². The molecule has 2 atom stereocenters. The van der Waals surface area contributed by atoms with E-state index in [9.17, 15) is 13.6 Å². The van der Waals surface area contributed by atoms with Crippen LogP contribution in [0.4, 0.5) is 14.5 Å². The SMILES string of the molecule is O=C(Nc1ccc(OC(F)F)c(Cl)c1)C1CC(c2ccccc2)NN1. The maximum atomic E-state index is 12.4. The molecule has 2 aromatic rings. The van der Waals surface area contributed by atoms with E-state index in [2.05, 4.69) is 20.9 Å². The molecule has 5 nitrogen and oxygen atoms in total. The Hall–Kier alpha value is -2.22. The van der Waals surface area contributed by atoms with Gasteiger partial charge in [0, 0.05) is 11.7 Å². The second-order valence-electron chi connectivity index (χ2n) is 5.55. The van der Waals surface area contributed by atoms with Gasteiger partial charge in [-0.1, -0.05) is 41.9 Å². The third kappa shape index (κ3) is 4.45. The van der Waals surface area contributed by atoms with Crippen LogP contribution in [0.3, 0.4) is 0 Å². The van der Waals surface area contributed by atoms with Gasteiger partial charge in [-0.3, -0.25) is 4.79 Å². The second-order valence-corrected chi connectivity index (χ2v) is 5.96. The Morgan fingerprint density at radius 3 is 2.64 bits per heavy atom. The number of anilines is 1. The number of nitrogens with one attached hydrogen (secondary N) is 3. The number of ether oxygens (including phenoxy) is 1. The van der Waals surface area contributed by atoms with Crippen LogP contribution >= 0.6 is 11.6 Å². The van der Waals surface area contributed by atoms with Crippen LogP contribution in [0.25, 0.3) is 0 Å². The number of carbonyl (C=O) groups is 1. The zero-order valence-electron chi connectivity index (χ0n) is 13.0. The predicted molar refractivity (Wildman–Crippen MR) is 90.6 cm³/mol. The zero-order chi connectivity index (χ0) is 17.8. The quantitative estimate of drug-likeness (QED) is 0.757. The third-order valence-electron chi connectivity index (χ3n) is 3.84. The van der Waals surface area contributed by atoms with Gasteiger partial charge in [-0.2, -0.15) is 8.78 Å². The molecule has 0 saturated carbocycles. The van der Waals surface area contributed by atoms with Crippen LogP contribution in [-0.2, 0) is 4.79 Å². The van der Waals surface area contributed by atoms with E-state index < -0.39 is 12.7 Å².